The zero-order valence-corrected chi connectivity index (χ0v) is 10.8. The number of terminal acetylenes is 1. The molecule has 0 saturated carbocycles. The Labute approximate surface area is 113 Å². The Bertz CT molecular complexity index is 628. The van der Waals surface area contributed by atoms with E-state index in [2.05, 4.69) is 40.8 Å². The van der Waals surface area contributed by atoms with Crippen LogP contribution in [0.5, 0.6) is 0 Å². The molecule has 2 N–H and O–H groups in total. The number of carbonyl (C=O) groups is 1. The molecule has 2 rings (SSSR count). The van der Waals surface area contributed by atoms with E-state index in [0.29, 0.717) is 0 Å². The zero-order valence-electron chi connectivity index (χ0n) is 10.8. The van der Waals surface area contributed by atoms with E-state index in [-0.39, 0.29) is 18.6 Å². The van der Waals surface area contributed by atoms with Crippen molar-refractivity contribution in [3.63, 3.8) is 0 Å². The lowest BCUT2D eigenvalue weighted by Gasteiger charge is -2.15. The summed E-state index contributed by atoms with van der Waals surface area (Å²) in [6.45, 7) is 2.18. The predicted molar refractivity (Wildman–Crippen MR) is 77.7 cm³/mol. The third kappa shape index (κ3) is 3.26. The maximum Gasteiger partial charge on any atom is 0.316 e. The maximum atomic E-state index is 11.5. The number of urea groups is 1. The van der Waals surface area contributed by atoms with Gasteiger partial charge in [0.25, 0.3) is 0 Å². The average Bonchev–Trinajstić information content (AvgIpc) is 2.44. The van der Waals surface area contributed by atoms with Crippen LogP contribution in [0.4, 0.5) is 4.79 Å². The summed E-state index contributed by atoms with van der Waals surface area (Å²) in [5.41, 5.74) is 1.06. The van der Waals surface area contributed by atoms with Crippen LogP contribution in [0.15, 0.2) is 42.5 Å². The van der Waals surface area contributed by atoms with Gasteiger partial charge in [-0.25, -0.2) is 4.79 Å². The van der Waals surface area contributed by atoms with E-state index >= 15 is 0 Å². The molecule has 19 heavy (non-hydrogen) atoms. The van der Waals surface area contributed by atoms with Crippen molar-refractivity contribution in [3.8, 4) is 12.3 Å². The highest BCUT2D eigenvalue weighted by Gasteiger charge is 2.08. The third-order valence-electron chi connectivity index (χ3n) is 2.97. The van der Waals surface area contributed by atoms with E-state index in [1.165, 1.54) is 5.39 Å². The van der Waals surface area contributed by atoms with E-state index in [4.69, 9.17) is 6.42 Å². The molecular weight excluding hydrogens is 236 g/mol. The molecular formula is C16H16N2O. The quantitative estimate of drug-likeness (QED) is 0.810. The first-order valence-corrected chi connectivity index (χ1v) is 6.17. The van der Waals surface area contributed by atoms with Crippen molar-refractivity contribution in [1.29, 1.82) is 0 Å². The molecule has 0 fully saturated rings. The normalized spacial score (nSPS) is 11.6. The van der Waals surface area contributed by atoms with Gasteiger partial charge in [0.15, 0.2) is 0 Å². The van der Waals surface area contributed by atoms with E-state index < -0.39 is 0 Å². The molecule has 0 aliphatic rings. The van der Waals surface area contributed by atoms with Gasteiger partial charge in [-0.15, -0.1) is 6.42 Å². The van der Waals surface area contributed by atoms with Crippen LogP contribution in [0.1, 0.15) is 18.5 Å². The minimum Gasteiger partial charge on any atom is -0.332 e. The first-order chi connectivity index (χ1) is 9.20. The van der Waals surface area contributed by atoms with Crippen LogP contribution in [0.2, 0.25) is 0 Å². The fraction of sp³-hybridized carbons (Fsp3) is 0.188. The molecule has 0 bridgehead atoms. The second-order valence-electron chi connectivity index (χ2n) is 4.36. The smallest absolute Gasteiger partial charge is 0.316 e. The van der Waals surface area contributed by atoms with Gasteiger partial charge in [0.1, 0.15) is 0 Å². The van der Waals surface area contributed by atoms with Gasteiger partial charge in [-0.1, -0.05) is 42.3 Å². The molecule has 0 aromatic heterocycles. The van der Waals surface area contributed by atoms with Gasteiger partial charge in [0.2, 0.25) is 0 Å². The van der Waals surface area contributed by atoms with Gasteiger partial charge in [-0.05, 0) is 29.3 Å². The Kier molecular flexibility index (Phi) is 4.04. The molecule has 1 atom stereocenters. The summed E-state index contributed by atoms with van der Waals surface area (Å²) in [5.74, 6) is 2.36. The van der Waals surface area contributed by atoms with Gasteiger partial charge >= 0.3 is 6.03 Å². The molecule has 0 heterocycles. The molecule has 0 radical (unpaired) electrons. The molecule has 2 amide bonds. The SMILES string of the molecule is C#CCNC(=O)NC(C)c1ccc2ccccc2c1. The summed E-state index contributed by atoms with van der Waals surface area (Å²) in [6.07, 6.45) is 5.09. The van der Waals surface area contributed by atoms with Crippen LogP contribution in [0.25, 0.3) is 10.8 Å². The summed E-state index contributed by atoms with van der Waals surface area (Å²) in [5, 5.41) is 7.79. The van der Waals surface area contributed by atoms with Crippen molar-refractivity contribution in [1.82, 2.24) is 10.6 Å². The van der Waals surface area contributed by atoms with E-state index in [0.717, 1.165) is 10.9 Å². The molecule has 1 unspecified atom stereocenters. The Morgan fingerprint density at radius 3 is 2.74 bits per heavy atom. The molecule has 0 saturated heterocycles. The minimum atomic E-state index is -0.251. The van der Waals surface area contributed by atoms with Crippen molar-refractivity contribution >= 4 is 16.8 Å². The number of rotatable bonds is 3. The number of hydrogen-bond donors (Lipinski definition) is 2. The Morgan fingerprint density at radius 2 is 2.00 bits per heavy atom. The molecule has 2 aromatic carbocycles. The summed E-state index contributed by atoms with van der Waals surface area (Å²) in [4.78, 5) is 11.5. The highest BCUT2D eigenvalue weighted by Crippen LogP contribution is 2.20. The Balaban J connectivity index is 2.11. The third-order valence-corrected chi connectivity index (χ3v) is 2.97. The highest BCUT2D eigenvalue weighted by atomic mass is 16.2. The molecule has 0 aliphatic carbocycles. The van der Waals surface area contributed by atoms with Crippen LogP contribution in [-0.2, 0) is 0 Å². The van der Waals surface area contributed by atoms with E-state index in [1.54, 1.807) is 0 Å². The molecule has 3 nitrogen and oxygen atoms in total. The van der Waals surface area contributed by atoms with Crippen LogP contribution < -0.4 is 10.6 Å². The second-order valence-corrected chi connectivity index (χ2v) is 4.36. The molecule has 2 aromatic rings. The van der Waals surface area contributed by atoms with Crippen LogP contribution in [0, 0.1) is 12.3 Å². The topological polar surface area (TPSA) is 41.1 Å². The van der Waals surface area contributed by atoms with Crippen LogP contribution in [-0.4, -0.2) is 12.6 Å². The second kappa shape index (κ2) is 5.92. The molecule has 0 spiro atoms. The van der Waals surface area contributed by atoms with Crippen molar-refractivity contribution in [2.24, 2.45) is 0 Å². The number of nitrogens with one attached hydrogen (secondary N) is 2. The van der Waals surface area contributed by atoms with Gasteiger partial charge in [-0.3, -0.25) is 0 Å². The summed E-state index contributed by atoms with van der Waals surface area (Å²) < 4.78 is 0. The summed E-state index contributed by atoms with van der Waals surface area (Å²) >= 11 is 0. The van der Waals surface area contributed by atoms with Crippen molar-refractivity contribution in [2.75, 3.05) is 6.54 Å². The number of amides is 2. The minimum absolute atomic E-state index is 0.0672. The fourth-order valence-electron chi connectivity index (χ4n) is 1.94. The molecule has 0 aliphatic heterocycles. The first kappa shape index (κ1) is 13.0. The predicted octanol–water partition coefficient (Wildman–Crippen LogP) is 2.83. The average molecular weight is 252 g/mol. The van der Waals surface area contributed by atoms with Crippen molar-refractivity contribution in [2.45, 2.75) is 13.0 Å². The number of hydrogen-bond acceptors (Lipinski definition) is 1. The van der Waals surface area contributed by atoms with Gasteiger partial charge in [-0.2, -0.15) is 0 Å². The van der Waals surface area contributed by atoms with Crippen LogP contribution in [0.3, 0.4) is 0 Å². The first-order valence-electron chi connectivity index (χ1n) is 6.17. The Hall–Kier alpha value is -2.47. The largest absolute Gasteiger partial charge is 0.332 e. The lowest BCUT2D eigenvalue weighted by molar-refractivity contribution is 0.239. The fourth-order valence-corrected chi connectivity index (χ4v) is 1.94. The maximum absolute atomic E-state index is 11.5. The number of benzene rings is 2. The number of carbonyl (C=O) groups excluding carboxylic acids is 1. The van der Waals surface area contributed by atoms with Gasteiger partial charge in [0.05, 0.1) is 12.6 Å². The monoisotopic (exact) mass is 252 g/mol. The van der Waals surface area contributed by atoms with Crippen molar-refractivity contribution in [3.05, 3.63) is 48.0 Å². The van der Waals surface area contributed by atoms with Gasteiger partial charge in [0, 0.05) is 0 Å². The Morgan fingerprint density at radius 1 is 1.26 bits per heavy atom. The van der Waals surface area contributed by atoms with Gasteiger partial charge < -0.3 is 10.6 Å². The molecule has 96 valence electrons. The standard InChI is InChI=1S/C16H16N2O/c1-3-10-17-16(19)18-12(2)14-9-8-13-6-4-5-7-15(13)11-14/h1,4-9,11-12H,10H2,2H3,(H2,17,18,19). The lowest BCUT2D eigenvalue weighted by atomic mass is 10.0. The summed E-state index contributed by atoms with van der Waals surface area (Å²) in [6, 6.07) is 14.0. The van der Waals surface area contributed by atoms with E-state index in [9.17, 15) is 4.79 Å². The highest BCUT2D eigenvalue weighted by molar-refractivity contribution is 5.83. The lowest BCUT2D eigenvalue weighted by Crippen LogP contribution is -2.37. The van der Waals surface area contributed by atoms with Crippen molar-refractivity contribution < 1.29 is 4.79 Å². The van der Waals surface area contributed by atoms with E-state index in [1.807, 2.05) is 25.1 Å². The number of fused-ring (bicyclic) bond motifs is 1. The molecule has 3 heteroatoms. The zero-order chi connectivity index (χ0) is 13.7. The van der Waals surface area contributed by atoms with Crippen LogP contribution >= 0.6 is 0 Å². The summed E-state index contributed by atoms with van der Waals surface area (Å²) in [7, 11) is 0.